The van der Waals surface area contributed by atoms with Crippen LogP contribution in [0.1, 0.15) is 43.5 Å². The largest absolute Gasteiger partial charge is 0.480 e. The molecular formula is C16H26N2O7S. The fourth-order valence-electron chi connectivity index (χ4n) is 2.00. The Morgan fingerprint density at radius 2 is 1.92 bits per heavy atom. The van der Waals surface area contributed by atoms with Crippen LogP contribution in [-0.4, -0.2) is 62.1 Å². The van der Waals surface area contributed by atoms with E-state index in [0.717, 1.165) is 10.4 Å². The van der Waals surface area contributed by atoms with E-state index >= 15 is 0 Å². The summed E-state index contributed by atoms with van der Waals surface area (Å²) in [4.78, 5) is 23.5. The Morgan fingerprint density at radius 1 is 1.35 bits per heavy atom. The molecule has 1 atom stereocenters. The average Bonchev–Trinajstić information content (AvgIpc) is 2.87. The predicted octanol–water partition coefficient (Wildman–Crippen LogP) is 1.23. The maximum atomic E-state index is 12.3. The van der Waals surface area contributed by atoms with Gasteiger partial charge in [0.1, 0.15) is 16.7 Å². The van der Waals surface area contributed by atoms with Crippen LogP contribution in [0.15, 0.2) is 15.4 Å². The number of furan rings is 1. The summed E-state index contributed by atoms with van der Waals surface area (Å²) in [5, 5.41) is 11.6. The van der Waals surface area contributed by atoms with Gasteiger partial charge >= 0.3 is 5.97 Å². The Hall–Kier alpha value is -1.91. The normalized spacial score (nSPS) is 13.7. The number of aryl methyl sites for hydroxylation is 1. The highest BCUT2D eigenvalue weighted by Gasteiger charge is 2.28. The van der Waals surface area contributed by atoms with Crippen LogP contribution in [0.25, 0.3) is 0 Å². The summed E-state index contributed by atoms with van der Waals surface area (Å²) in [7, 11) is -1.06. The summed E-state index contributed by atoms with van der Waals surface area (Å²) >= 11 is 0. The zero-order valence-electron chi connectivity index (χ0n) is 15.8. The summed E-state index contributed by atoms with van der Waals surface area (Å²) < 4.78 is 36.0. The van der Waals surface area contributed by atoms with Gasteiger partial charge in [0.05, 0.1) is 5.60 Å². The molecule has 0 aliphatic carbocycles. The molecular weight excluding hydrogens is 364 g/mol. The van der Waals surface area contributed by atoms with Crippen LogP contribution in [0.3, 0.4) is 0 Å². The van der Waals surface area contributed by atoms with Gasteiger partial charge < -0.3 is 19.6 Å². The van der Waals surface area contributed by atoms with Gasteiger partial charge in [-0.1, -0.05) is 0 Å². The zero-order valence-corrected chi connectivity index (χ0v) is 16.6. The predicted molar refractivity (Wildman–Crippen MR) is 93.5 cm³/mol. The van der Waals surface area contributed by atoms with E-state index in [4.69, 9.17) is 9.15 Å². The van der Waals surface area contributed by atoms with Crippen molar-refractivity contribution in [2.24, 2.45) is 0 Å². The Morgan fingerprint density at radius 3 is 2.38 bits per heavy atom. The Balaban J connectivity index is 2.90. The monoisotopic (exact) mass is 390 g/mol. The third-order valence-corrected chi connectivity index (χ3v) is 5.32. The summed E-state index contributed by atoms with van der Waals surface area (Å²) in [6.45, 7) is 7.05. The molecule has 0 bridgehead atoms. The fourth-order valence-corrected chi connectivity index (χ4v) is 3.05. The van der Waals surface area contributed by atoms with E-state index in [9.17, 15) is 23.1 Å². The third-order valence-electron chi connectivity index (χ3n) is 3.40. The summed E-state index contributed by atoms with van der Waals surface area (Å²) in [6, 6.07) is -0.103. The van der Waals surface area contributed by atoms with Crippen molar-refractivity contribution in [3.63, 3.8) is 0 Å². The molecule has 0 saturated heterocycles. The number of nitrogens with one attached hydrogen (secondary N) is 1. The van der Waals surface area contributed by atoms with Crippen LogP contribution in [0, 0.1) is 6.92 Å². The number of amides is 1. The number of carboxylic acid groups (broad SMARTS) is 1. The first-order valence-electron chi connectivity index (χ1n) is 7.96. The molecule has 1 amide bonds. The van der Waals surface area contributed by atoms with Crippen LogP contribution in [-0.2, 0) is 19.6 Å². The van der Waals surface area contributed by atoms with Gasteiger partial charge in [-0.05, 0) is 27.7 Å². The van der Waals surface area contributed by atoms with Crippen LogP contribution in [0.4, 0.5) is 0 Å². The van der Waals surface area contributed by atoms with Crippen LogP contribution >= 0.6 is 0 Å². The first-order valence-corrected chi connectivity index (χ1v) is 9.40. The molecule has 10 heteroatoms. The molecule has 1 aromatic rings. The first-order chi connectivity index (χ1) is 11.8. The van der Waals surface area contributed by atoms with Crippen molar-refractivity contribution in [2.45, 2.75) is 50.7 Å². The highest BCUT2D eigenvalue weighted by atomic mass is 32.2. The molecule has 0 spiro atoms. The molecule has 1 unspecified atom stereocenters. The van der Waals surface area contributed by atoms with E-state index in [1.807, 2.05) is 20.8 Å². The highest BCUT2D eigenvalue weighted by molar-refractivity contribution is 7.89. The van der Waals surface area contributed by atoms with E-state index in [-0.39, 0.29) is 29.4 Å². The Kier molecular flexibility index (Phi) is 6.97. The molecule has 1 heterocycles. The number of hydrogen-bond acceptors (Lipinski definition) is 6. The maximum Gasteiger partial charge on any atom is 0.326 e. The molecule has 0 fully saturated rings. The second-order valence-corrected chi connectivity index (χ2v) is 9.05. The van der Waals surface area contributed by atoms with Gasteiger partial charge in [-0.2, -0.15) is 0 Å². The molecule has 0 aliphatic rings. The number of aliphatic carboxylic acids is 1. The number of hydrogen-bond donors (Lipinski definition) is 2. The van der Waals surface area contributed by atoms with E-state index in [1.165, 1.54) is 21.0 Å². The fraction of sp³-hybridized carbons (Fsp3) is 0.625. The standard InChI is InChI=1S/C16H26N2O7S/c1-10-13(26(22,23)18(5)6)9-12(25-10)14(19)17-11(15(20)21)7-8-24-16(2,3)4/h9,11H,7-8H2,1-6H3,(H,17,19)(H,20,21). The van der Waals surface area contributed by atoms with Gasteiger partial charge in [-0.15, -0.1) is 0 Å². The minimum atomic E-state index is -3.77. The minimum absolute atomic E-state index is 0.0480. The van der Waals surface area contributed by atoms with Gasteiger partial charge in [0.2, 0.25) is 10.0 Å². The second kappa shape index (κ2) is 8.19. The quantitative estimate of drug-likeness (QED) is 0.683. The summed E-state index contributed by atoms with van der Waals surface area (Å²) in [6.07, 6.45) is 0.0564. The van der Waals surface area contributed by atoms with E-state index in [0.29, 0.717) is 0 Å². The molecule has 148 valence electrons. The lowest BCUT2D eigenvalue weighted by molar-refractivity contribution is -0.140. The molecule has 1 rings (SSSR count). The van der Waals surface area contributed by atoms with Gasteiger partial charge in [0.15, 0.2) is 5.76 Å². The first kappa shape index (κ1) is 22.1. The smallest absolute Gasteiger partial charge is 0.326 e. The minimum Gasteiger partial charge on any atom is -0.480 e. The zero-order chi connectivity index (χ0) is 20.3. The third kappa shape index (κ3) is 5.82. The number of sulfonamides is 1. The van der Waals surface area contributed by atoms with Gasteiger partial charge in [0, 0.05) is 33.2 Å². The molecule has 0 aromatic carbocycles. The number of ether oxygens (including phenoxy) is 1. The lowest BCUT2D eigenvalue weighted by atomic mass is 10.1. The number of carbonyl (C=O) groups excluding carboxylic acids is 1. The van der Waals surface area contributed by atoms with Gasteiger partial charge in [0.25, 0.3) is 5.91 Å². The van der Waals surface area contributed by atoms with Crippen LogP contribution in [0.2, 0.25) is 0 Å². The van der Waals surface area contributed by atoms with Crippen LogP contribution < -0.4 is 5.32 Å². The Labute approximate surface area is 153 Å². The van der Waals surface area contributed by atoms with Crippen molar-refractivity contribution in [1.29, 1.82) is 0 Å². The molecule has 0 aliphatic heterocycles. The maximum absolute atomic E-state index is 12.3. The van der Waals surface area contributed by atoms with Crippen molar-refractivity contribution in [3.05, 3.63) is 17.6 Å². The molecule has 0 radical (unpaired) electrons. The van der Waals surface area contributed by atoms with Crippen LogP contribution in [0.5, 0.6) is 0 Å². The molecule has 26 heavy (non-hydrogen) atoms. The second-order valence-electron chi connectivity index (χ2n) is 6.93. The highest BCUT2D eigenvalue weighted by Crippen LogP contribution is 2.22. The van der Waals surface area contributed by atoms with Crippen molar-refractivity contribution in [2.75, 3.05) is 20.7 Å². The van der Waals surface area contributed by atoms with Gasteiger partial charge in [-0.3, -0.25) is 4.79 Å². The van der Waals surface area contributed by atoms with Crippen molar-refractivity contribution in [3.8, 4) is 0 Å². The molecule has 2 N–H and O–H groups in total. The van der Waals surface area contributed by atoms with E-state index in [2.05, 4.69) is 5.32 Å². The average molecular weight is 390 g/mol. The summed E-state index contributed by atoms with van der Waals surface area (Å²) in [5.41, 5.74) is -0.430. The van der Waals surface area contributed by atoms with E-state index < -0.39 is 33.5 Å². The van der Waals surface area contributed by atoms with Crippen molar-refractivity contribution in [1.82, 2.24) is 9.62 Å². The summed E-state index contributed by atoms with van der Waals surface area (Å²) in [5.74, 6) is -2.26. The number of nitrogens with zero attached hydrogens (tertiary/aromatic N) is 1. The molecule has 0 saturated carbocycles. The van der Waals surface area contributed by atoms with Crippen molar-refractivity contribution >= 4 is 21.9 Å². The topological polar surface area (TPSA) is 126 Å². The lowest BCUT2D eigenvalue weighted by Crippen LogP contribution is -2.41. The van der Waals surface area contributed by atoms with E-state index in [1.54, 1.807) is 0 Å². The molecule has 1 aromatic heterocycles. The SMILES string of the molecule is Cc1oc(C(=O)NC(CCOC(C)(C)C)C(=O)O)cc1S(=O)(=O)N(C)C. The lowest BCUT2D eigenvalue weighted by Gasteiger charge is -2.21. The number of carbonyl (C=O) groups is 2. The number of carboxylic acids is 1. The van der Waals surface area contributed by atoms with Crippen molar-refractivity contribution < 1.29 is 32.3 Å². The van der Waals surface area contributed by atoms with Gasteiger partial charge in [-0.25, -0.2) is 17.5 Å². The number of rotatable bonds is 8. The molecule has 9 nitrogen and oxygen atoms in total. The Bertz CT molecular complexity index is 760.